The Morgan fingerprint density at radius 2 is 2.57 bits per heavy atom. The number of ether oxygens (including phenoxy) is 1. The van der Waals surface area contributed by atoms with E-state index in [1.165, 1.54) is 13.2 Å². The number of hydrogen-bond acceptors (Lipinski definition) is 2. The molecular weight excluding hydrogens is 92.1 g/mol. The Balaban J connectivity index is 3.27. The summed E-state index contributed by atoms with van der Waals surface area (Å²) in [5, 5.41) is 7.75. The maximum Gasteiger partial charge on any atom is 0.373 e. The van der Waals surface area contributed by atoms with Crippen LogP contribution in [0.25, 0.3) is 4.85 Å². The third-order valence-electron chi connectivity index (χ3n) is 0.405. The quantitative estimate of drug-likeness (QED) is 0.357. The van der Waals surface area contributed by atoms with Crippen molar-refractivity contribution >= 4 is 0 Å². The number of rotatable bonds is 1. The van der Waals surface area contributed by atoms with Crippen molar-refractivity contribution in [2.24, 2.45) is 0 Å². The largest absolute Gasteiger partial charge is 0.373 e. The van der Waals surface area contributed by atoms with E-state index in [0.29, 0.717) is 0 Å². The second-order valence-corrected chi connectivity index (χ2v) is 0.938. The summed E-state index contributed by atoms with van der Waals surface area (Å²) in [5.41, 5.74) is 0. The number of nitriles is 1. The highest BCUT2D eigenvalue weighted by Gasteiger charge is 1.97. The van der Waals surface area contributed by atoms with E-state index in [4.69, 9.17) is 11.8 Å². The summed E-state index contributed by atoms with van der Waals surface area (Å²) in [5.74, 6) is 0. The van der Waals surface area contributed by atoms with Crippen molar-refractivity contribution in [3.63, 3.8) is 0 Å². The van der Waals surface area contributed by atoms with Gasteiger partial charge in [0.05, 0.1) is 6.92 Å². The second-order valence-electron chi connectivity index (χ2n) is 0.938. The third kappa shape index (κ3) is 2.59. The van der Waals surface area contributed by atoms with E-state index in [1.54, 1.807) is 0 Å². The highest BCUT2D eigenvalue weighted by molar-refractivity contribution is 4.65. The van der Waals surface area contributed by atoms with Crippen molar-refractivity contribution in [1.29, 1.82) is 5.26 Å². The maximum atomic E-state index is 7.75. The molecule has 0 saturated carbocycles. The van der Waals surface area contributed by atoms with Crippen LogP contribution in [0.3, 0.4) is 0 Å². The molecule has 0 aromatic rings. The van der Waals surface area contributed by atoms with Crippen molar-refractivity contribution < 1.29 is 4.74 Å². The fourth-order valence-electron chi connectivity index (χ4n) is 0.103. The summed E-state index contributed by atoms with van der Waals surface area (Å²) >= 11 is 0. The van der Waals surface area contributed by atoms with E-state index in [9.17, 15) is 0 Å². The Kier molecular flexibility index (Phi) is 2.47. The summed E-state index contributed by atoms with van der Waals surface area (Å²) in [7, 11) is 0. The fourth-order valence-corrected chi connectivity index (χ4v) is 0.103. The first-order valence-electron chi connectivity index (χ1n) is 1.72. The standard InChI is InChI=1S/C4H4N2O/c1-4(6-2)7-3-5/h4H,1H3. The molecule has 0 rings (SSSR count). The van der Waals surface area contributed by atoms with Crippen LogP contribution in [0.4, 0.5) is 0 Å². The summed E-state index contributed by atoms with van der Waals surface area (Å²) in [4.78, 5) is 2.88. The molecule has 3 nitrogen and oxygen atoms in total. The van der Waals surface area contributed by atoms with Crippen LogP contribution in [0.1, 0.15) is 6.92 Å². The van der Waals surface area contributed by atoms with Crippen LogP contribution in [0.5, 0.6) is 0 Å². The molecule has 0 N–H and O–H groups in total. The molecule has 3 heteroatoms. The zero-order chi connectivity index (χ0) is 5.70. The lowest BCUT2D eigenvalue weighted by Crippen LogP contribution is -1.94. The first-order chi connectivity index (χ1) is 3.31. The van der Waals surface area contributed by atoms with Crippen LogP contribution in [-0.2, 0) is 4.74 Å². The minimum atomic E-state index is -0.620. The van der Waals surface area contributed by atoms with E-state index in [2.05, 4.69) is 9.58 Å². The molecular formula is C4H4N2O. The van der Waals surface area contributed by atoms with E-state index < -0.39 is 6.23 Å². The highest BCUT2D eigenvalue weighted by Crippen LogP contribution is 1.86. The topological polar surface area (TPSA) is 37.4 Å². The van der Waals surface area contributed by atoms with E-state index in [-0.39, 0.29) is 0 Å². The van der Waals surface area contributed by atoms with Crippen LogP contribution in [-0.4, -0.2) is 6.23 Å². The monoisotopic (exact) mass is 96.0 g/mol. The van der Waals surface area contributed by atoms with Crippen LogP contribution in [0.15, 0.2) is 0 Å². The fraction of sp³-hybridized carbons (Fsp3) is 0.500. The summed E-state index contributed by atoms with van der Waals surface area (Å²) in [6.07, 6.45) is 0.784. The first kappa shape index (κ1) is 5.78. The Labute approximate surface area is 41.9 Å². The molecule has 36 valence electrons. The van der Waals surface area contributed by atoms with Crippen molar-refractivity contribution in [1.82, 2.24) is 0 Å². The smallest absolute Gasteiger partial charge is 0.350 e. The normalized spacial score (nSPS) is 10.7. The van der Waals surface area contributed by atoms with Gasteiger partial charge >= 0.3 is 6.23 Å². The van der Waals surface area contributed by atoms with Gasteiger partial charge in [-0.1, -0.05) is 0 Å². The molecule has 0 fully saturated rings. The minimum Gasteiger partial charge on any atom is -0.350 e. The Morgan fingerprint density at radius 1 is 2.00 bits per heavy atom. The lowest BCUT2D eigenvalue weighted by Gasteiger charge is -1.86. The van der Waals surface area contributed by atoms with E-state index in [0.717, 1.165) is 0 Å². The van der Waals surface area contributed by atoms with Crippen LogP contribution in [0.2, 0.25) is 0 Å². The molecule has 0 saturated heterocycles. The molecule has 0 aliphatic rings. The first-order valence-corrected chi connectivity index (χ1v) is 1.72. The molecule has 0 aliphatic carbocycles. The molecule has 1 unspecified atom stereocenters. The third-order valence-corrected chi connectivity index (χ3v) is 0.405. The lowest BCUT2D eigenvalue weighted by atomic mass is 10.7. The number of nitrogens with zero attached hydrogens (tertiary/aromatic N) is 2. The average molecular weight is 96.1 g/mol. The predicted molar refractivity (Wildman–Crippen MR) is 22.8 cm³/mol. The Hall–Kier alpha value is -1.22. The minimum absolute atomic E-state index is 0.620. The Bertz CT molecular complexity index is 119. The summed E-state index contributed by atoms with van der Waals surface area (Å²) in [6.45, 7) is 7.77. The molecule has 0 amide bonds. The molecule has 0 aromatic heterocycles. The van der Waals surface area contributed by atoms with E-state index in [1.807, 2.05) is 0 Å². The zero-order valence-corrected chi connectivity index (χ0v) is 3.88. The van der Waals surface area contributed by atoms with Crippen molar-refractivity contribution in [2.45, 2.75) is 13.2 Å². The van der Waals surface area contributed by atoms with Gasteiger partial charge in [-0.3, -0.25) is 4.85 Å². The van der Waals surface area contributed by atoms with Gasteiger partial charge in [-0.15, -0.1) is 0 Å². The summed E-state index contributed by atoms with van der Waals surface area (Å²) < 4.78 is 4.14. The van der Waals surface area contributed by atoms with Crippen molar-refractivity contribution in [3.05, 3.63) is 11.4 Å². The molecule has 0 heterocycles. The van der Waals surface area contributed by atoms with Crippen LogP contribution < -0.4 is 0 Å². The van der Waals surface area contributed by atoms with Gasteiger partial charge < -0.3 is 4.74 Å². The average Bonchev–Trinajstić information content (AvgIpc) is 1.68. The molecule has 0 bridgehead atoms. The predicted octanol–water partition coefficient (Wildman–Crippen LogP) is 0.749. The van der Waals surface area contributed by atoms with Gasteiger partial charge in [-0.25, -0.2) is 6.57 Å². The molecule has 0 aromatic carbocycles. The molecule has 0 radical (unpaired) electrons. The van der Waals surface area contributed by atoms with Crippen LogP contribution >= 0.6 is 0 Å². The highest BCUT2D eigenvalue weighted by atomic mass is 16.5. The molecule has 0 spiro atoms. The van der Waals surface area contributed by atoms with Gasteiger partial charge in [-0.2, -0.15) is 5.26 Å². The van der Waals surface area contributed by atoms with Gasteiger partial charge in [0.2, 0.25) is 0 Å². The maximum absolute atomic E-state index is 7.75. The van der Waals surface area contributed by atoms with Gasteiger partial charge in [0.1, 0.15) is 0 Å². The van der Waals surface area contributed by atoms with Gasteiger partial charge in [-0.05, 0) is 0 Å². The molecule has 0 aliphatic heterocycles. The van der Waals surface area contributed by atoms with Crippen LogP contribution in [0, 0.1) is 18.1 Å². The van der Waals surface area contributed by atoms with Crippen molar-refractivity contribution in [2.75, 3.05) is 0 Å². The molecule has 1 atom stereocenters. The summed E-state index contributed by atoms with van der Waals surface area (Å²) in [6, 6.07) is 0. The van der Waals surface area contributed by atoms with Gasteiger partial charge in [0, 0.05) is 0 Å². The van der Waals surface area contributed by atoms with Crippen molar-refractivity contribution in [3.8, 4) is 6.26 Å². The second kappa shape index (κ2) is 2.99. The SMILES string of the molecule is [C-]#[N+]C(C)OC#N. The number of hydrogen-bond donors (Lipinski definition) is 0. The molecule has 7 heavy (non-hydrogen) atoms. The van der Waals surface area contributed by atoms with Gasteiger partial charge in [0.25, 0.3) is 6.26 Å². The van der Waals surface area contributed by atoms with Gasteiger partial charge in [0.15, 0.2) is 0 Å². The van der Waals surface area contributed by atoms with E-state index >= 15 is 0 Å². The lowest BCUT2D eigenvalue weighted by molar-refractivity contribution is 0.221. The Morgan fingerprint density at radius 3 is 2.71 bits per heavy atom. The zero-order valence-electron chi connectivity index (χ0n) is 3.88.